The molecule has 0 saturated carbocycles. The first kappa shape index (κ1) is 19.2. The molecule has 0 spiro atoms. The van der Waals surface area contributed by atoms with Crippen molar-refractivity contribution in [1.29, 1.82) is 0 Å². The minimum atomic E-state index is -2.26. The van der Waals surface area contributed by atoms with Gasteiger partial charge in [0.15, 0.2) is 0 Å². The van der Waals surface area contributed by atoms with Crippen LogP contribution in [0.3, 0.4) is 0 Å². The summed E-state index contributed by atoms with van der Waals surface area (Å²) in [5.41, 5.74) is 0. The van der Waals surface area contributed by atoms with Gasteiger partial charge in [0.25, 0.3) is 0 Å². The fourth-order valence-electron chi connectivity index (χ4n) is 3.17. The van der Waals surface area contributed by atoms with E-state index in [1.165, 1.54) is 0 Å². The molecule has 0 bridgehead atoms. The molecule has 0 unspecified atom stereocenters. The van der Waals surface area contributed by atoms with Gasteiger partial charge in [-0.05, 0) is 29.2 Å². The zero-order valence-corrected chi connectivity index (χ0v) is 16.5. The van der Waals surface area contributed by atoms with Crippen molar-refractivity contribution in [3.05, 3.63) is 91.0 Å². The normalized spacial score (nSPS) is 11.0. The highest BCUT2D eigenvalue weighted by atomic mass is 31.2. The maximum Gasteiger partial charge on any atom is 0.331 e. The van der Waals surface area contributed by atoms with Gasteiger partial charge in [-0.25, -0.2) is 4.79 Å². The number of hydrogen-bond donors (Lipinski definition) is 0. The van der Waals surface area contributed by atoms with Crippen LogP contribution in [0.25, 0.3) is 0 Å². The molecule has 0 aromatic heterocycles. The minimum Gasteiger partial charge on any atom is -0.462 e. The number of carbonyl (C=O) groups excluding carboxylic acids is 1. The van der Waals surface area contributed by atoms with Gasteiger partial charge in [0.2, 0.25) is 0 Å². The van der Waals surface area contributed by atoms with Gasteiger partial charge in [0, 0.05) is 5.80 Å². The third-order valence-corrected chi connectivity index (χ3v) is 8.47. The van der Waals surface area contributed by atoms with Crippen molar-refractivity contribution in [2.45, 2.75) is 19.8 Å². The summed E-state index contributed by atoms with van der Waals surface area (Å²) in [6.07, 6.45) is 1.89. The molecule has 3 aromatic carbocycles. The Labute approximate surface area is 161 Å². The number of unbranched alkanes of at least 4 members (excludes halogenated alkanes) is 1. The minimum absolute atomic E-state index is 0.242. The first-order valence-electron chi connectivity index (χ1n) is 9.35. The summed E-state index contributed by atoms with van der Waals surface area (Å²) >= 11 is 0. The predicted octanol–water partition coefficient (Wildman–Crippen LogP) is 4.13. The Balaban J connectivity index is 2.25. The van der Waals surface area contributed by atoms with Gasteiger partial charge in [-0.15, -0.1) is 0 Å². The number of carbonyl (C=O) groups is 1. The smallest absolute Gasteiger partial charge is 0.331 e. The van der Waals surface area contributed by atoms with E-state index in [1.54, 1.807) is 0 Å². The van der Waals surface area contributed by atoms with E-state index in [4.69, 9.17) is 4.74 Å². The zero-order chi connectivity index (χ0) is 19.0. The Morgan fingerprint density at radius 2 is 1.19 bits per heavy atom. The summed E-state index contributed by atoms with van der Waals surface area (Å²) in [6, 6.07) is 30.9. The van der Waals surface area contributed by atoms with Gasteiger partial charge < -0.3 is 4.74 Å². The summed E-state index contributed by atoms with van der Waals surface area (Å²) in [5, 5.41) is 3.44. The quantitative estimate of drug-likeness (QED) is 0.352. The Bertz CT molecular complexity index is 799. The van der Waals surface area contributed by atoms with E-state index in [0.717, 1.165) is 28.8 Å². The topological polar surface area (TPSA) is 26.3 Å². The number of esters is 1. The lowest BCUT2D eigenvalue weighted by atomic mass is 10.4. The second-order valence-corrected chi connectivity index (χ2v) is 9.63. The monoisotopic (exact) mass is 376 g/mol. The lowest BCUT2D eigenvalue weighted by Gasteiger charge is -2.28. The Morgan fingerprint density at radius 1 is 0.778 bits per heavy atom. The first-order chi connectivity index (χ1) is 13.3. The molecule has 0 saturated heterocycles. The molecule has 3 heteroatoms. The van der Waals surface area contributed by atoms with Gasteiger partial charge in [-0.1, -0.05) is 104 Å². The van der Waals surface area contributed by atoms with Crippen LogP contribution in [-0.2, 0) is 9.53 Å². The van der Waals surface area contributed by atoms with Crippen LogP contribution < -0.4 is 15.9 Å². The molecule has 3 rings (SSSR count). The van der Waals surface area contributed by atoms with Crippen LogP contribution in [0.2, 0.25) is 0 Å². The Kier molecular flexibility index (Phi) is 6.68. The summed E-state index contributed by atoms with van der Waals surface area (Å²) < 4.78 is 5.54. The van der Waals surface area contributed by atoms with Crippen LogP contribution in [0.4, 0.5) is 0 Å². The molecule has 3 aromatic rings. The molecule has 2 nitrogen and oxygen atoms in total. The van der Waals surface area contributed by atoms with Crippen LogP contribution in [0.5, 0.6) is 0 Å². The first-order valence-corrected chi connectivity index (χ1v) is 11.2. The molecule has 0 aliphatic heterocycles. The lowest BCUT2D eigenvalue weighted by Crippen LogP contribution is -2.29. The van der Waals surface area contributed by atoms with Crippen LogP contribution in [0.1, 0.15) is 19.8 Å². The molecular weight excluding hydrogens is 351 g/mol. The van der Waals surface area contributed by atoms with Crippen molar-refractivity contribution >= 4 is 34.6 Å². The Morgan fingerprint density at radius 3 is 1.56 bits per heavy atom. The molecular formula is C24H25O2P. The number of rotatable bonds is 7. The van der Waals surface area contributed by atoms with Crippen molar-refractivity contribution in [3.8, 4) is 0 Å². The van der Waals surface area contributed by atoms with Gasteiger partial charge in [-0.2, -0.15) is 0 Å². The summed E-state index contributed by atoms with van der Waals surface area (Å²) in [5.74, 6) is 1.59. The van der Waals surface area contributed by atoms with E-state index < -0.39 is 6.89 Å². The van der Waals surface area contributed by atoms with Crippen molar-refractivity contribution in [1.82, 2.24) is 0 Å². The summed E-state index contributed by atoms with van der Waals surface area (Å²) in [4.78, 5) is 12.8. The molecule has 0 fully saturated rings. The van der Waals surface area contributed by atoms with Crippen molar-refractivity contribution in [3.63, 3.8) is 0 Å². The second-order valence-electron chi connectivity index (χ2n) is 6.38. The van der Waals surface area contributed by atoms with E-state index in [9.17, 15) is 4.79 Å². The van der Waals surface area contributed by atoms with Gasteiger partial charge in [0.1, 0.15) is 0 Å². The maximum atomic E-state index is 12.8. The molecule has 0 amide bonds. The van der Waals surface area contributed by atoms with Crippen LogP contribution >= 0.6 is 6.89 Å². The van der Waals surface area contributed by atoms with Crippen LogP contribution in [-0.4, -0.2) is 18.4 Å². The SMILES string of the molecule is CCCCOC(=O)C=P(c1ccccc1)(c1ccccc1)c1ccccc1. The highest BCUT2D eigenvalue weighted by molar-refractivity contribution is 7.95. The van der Waals surface area contributed by atoms with E-state index in [2.05, 4.69) is 43.3 Å². The van der Waals surface area contributed by atoms with Crippen molar-refractivity contribution in [2.75, 3.05) is 6.61 Å². The summed E-state index contributed by atoms with van der Waals surface area (Å²) in [7, 11) is 0. The fraction of sp³-hybridized carbons (Fsp3) is 0.167. The molecule has 0 atom stereocenters. The van der Waals surface area contributed by atoms with Crippen LogP contribution in [0, 0.1) is 0 Å². The van der Waals surface area contributed by atoms with Gasteiger partial charge in [0.05, 0.1) is 6.61 Å². The molecule has 138 valence electrons. The average molecular weight is 376 g/mol. The van der Waals surface area contributed by atoms with Gasteiger partial charge >= 0.3 is 5.97 Å². The maximum absolute atomic E-state index is 12.8. The number of benzene rings is 3. The standard InChI is InChI=1S/C24H25O2P/c1-2-3-19-26-24(25)20-27(21-13-7-4-8-14-21,22-15-9-5-10-16-22)23-17-11-6-12-18-23/h4-18,20H,2-3,19H2,1H3. The highest BCUT2D eigenvalue weighted by Gasteiger charge is 2.26. The second kappa shape index (κ2) is 9.39. The lowest BCUT2D eigenvalue weighted by molar-refractivity contribution is -0.134. The van der Waals surface area contributed by atoms with E-state index in [-0.39, 0.29) is 5.97 Å². The molecule has 0 aliphatic rings. The van der Waals surface area contributed by atoms with E-state index >= 15 is 0 Å². The third kappa shape index (κ3) is 4.40. The van der Waals surface area contributed by atoms with Crippen molar-refractivity contribution in [2.24, 2.45) is 0 Å². The molecule has 0 radical (unpaired) electrons. The van der Waals surface area contributed by atoms with Crippen molar-refractivity contribution < 1.29 is 9.53 Å². The molecule has 27 heavy (non-hydrogen) atoms. The number of hydrogen-bond acceptors (Lipinski definition) is 2. The van der Waals surface area contributed by atoms with Gasteiger partial charge in [-0.3, -0.25) is 0 Å². The van der Waals surface area contributed by atoms with Crippen LogP contribution in [0.15, 0.2) is 91.0 Å². The highest BCUT2D eigenvalue weighted by Crippen LogP contribution is 2.43. The number of ether oxygens (including phenoxy) is 1. The fourth-order valence-corrected chi connectivity index (χ4v) is 6.83. The molecule has 0 aliphatic carbocycles. The predicted molar refractivity (Wildman–Crippen MR) is 117 cm³/mol. The largest absolute Gasteiger partial charge is 0.462 e. The molecule has 0 N–H and O–H groups in total. The zero-order valence-electron chi connectivity index (χ0n) is 15.6. The third-order valence-electron chi connectivity index (χ3n) is 4.53. The Hall–Kier alpha value is -2.57. The van der Waals surface area contributed by atoms with E-state index in [0.29, 0.717) is 6.61 Å². The molecule has 0 heterocycles. The van der Waals surface area contributed by atoms with E-state index in [1.807, 2.05) is 60.4 Å². The summed E-state index contributed by atoms with van der Waals surface area (Å²) in [6.45, 7) is 0.295. The average Bonchev–Trinajstić information content (AvgIpc) is 2.74.